The summed E-state index contributed by atoms with van der Waals surface area (Å²) in [6.07, 6.45) is 0.815. The second-order valence-electron chi connectivity index (χ2n) is 5.43. The Morgan fingerprint density at radius 1 is 0.652 bits per heavy atom. The zero-order valence-corrected chi connectivity index (χ0v) is 12.4. The third kappa shape index (κ3) is 2.44. The number of aldehydes is 1. The second-order valence-corrected chi connectivity index (χ2v) is 5.43. The van der Waals surface area contributed by atoms with Crippen LogP contribution in [0.15, 0.2) is 78.9 Å². The van der Waals surface area contributed by atoms with E-state index < -0.39 is 0 Å². The molecule has 2 nitrogen and oxygen atoms in total. The van der Waals surface area contributed by atoms with Gasteiger partial charge < -0.3 is 4.74 Å². The standard InChI is InChI=1S/C21H14O2/c22-14-18-8-3-4-10-20(18)23-21-11-5-9-17-12-15-6-1-2-7-16(15)13-19(17)21/h1-14H. The van der Waals surface area contributed by atoms with E-state index in [-0.39, 0.29) is 0 Å². The van der Waals surface area contributed by atoms with Gasteiger partial charge in [0.05, 0.1) is 5.56 Å². The molecule has 2 heteroatoms. The predicted molar refractivity (Wildman–Crippen MR) is 93.4 cm³/mol. The second kappa shape index (κ2) is 5.58. The fourth-order valence-corrected chi connectivity index (χ4v) is 2.82. The van der Waals surface area contributed by atoms with Gasteiger partial charge in [-0.2, -0.15) is 0 Å². The predicted octanol–water partition coefficient (Wildman–Crippen LogP) is 5.60. The van der Waals surface area contributed by atoms with Crippen molar-refractivity contribution < 1.29 is 9.53 Å². The van der Waals surface area contributed by atoms with Crippen molar-refractivity contribution in [1.29, 1.82) is 0 Å². The summed E-state index contributed by atoms with van der Waals surface area (Å²) in [5.74, 6) is 1.32. The zero-order chi connectivity index (χ0) is 15.6. The molecule has 0 atom stereocenters. The first-order chi connectivity index (χ1) is 11.3. The first kappa shape index (κ1) is 13.5. The maximum Gasteiger partial charge on any atom is 0.153 e. The lowest BCUT2D eigenvalue weighted by Gasteiger charge is -2.11. The SMILES string of the molecule is O=Cc1ccccc1Oc1cccc2cc3ccccc3cc12. The molecule has 0 aliphatic rings. The zero-order valence-electron chi connectivity index (χ0n) is 12.4. The first-order valence-corrected chi connectivity index (χ1v) is 7.49. The Hall–Kier alpha value is -3.13. The average molecular weight is 298 g/mol. The number of para-hydroxylation sites is 1. The molecule has 0 heterocycles. The molecule has 4 rings (SSSR count). The van der Waals surface area contributed by atoms with Gasteiger partial charge in [0.2, 0.25) is 0 Å². The quantitative estimate of drug-likeness (QED) is 0.363. The van der Waals surface area contributed by atoms with Crippen molar-refractivity contribution in [2.75, 3.05) is 0 Å². The lowest BCUT2D eigenvalue weighted by Crippen LogP contribution is -1.91. The fourth-order valence-electron chi connectivity index (χ4n) is 2.82. The van der Waals surface area contributed by atoms with Crippen LogP contribution in [0, 0.1) is 0 Å². The van der Waals surface area contributed by atoms with Crippen molar-refractivity contribution in [3.8, 4) is 11.5 Å². The first-order valence-electron chi connectivity index (χ1n) is 7.49. The smallest absolute Gasteiger partial charge is 0.153 e. The van der Waals surface area contributed by atoms with Crippen LogP contribution in [0.25, 0.3) is 21.5 Å². The molecular formula is C21H14O2. The topological polar surface area (TPSA) is 26.3 Å². The van der Waals surface area contributed by atoms with Gasteiger partial charge in [-0.1, -0.05) is 48.5 Å². The Bertz CT molecular complexity index is 1020. The Morgan fingerprint density at radius 3 is 2.13 bits per heavy atom. The maximum absolute atomic E-state index is 11.2. The molecule has 4 aromatic rings. The van der Waals surface area contributed by atoms with Crippen molar-refractivity contribution in [3.05, 3.63) is 84.4 Å². The van der Waals surface area contributed by atoms with E-state index in [9.17, 15) is 4.79 Å². The van der Waals surface area contributed by atoms with Crippen LogP contribution in [-0.2, 0) is 0 Å². The van der Waals surface area contributed by atoms with Gasteiger partial charge in [-0.05, 0) is 46.5 Å². The summed E-state index contributed by atoms with van der Waals surface area (Å²) in [6.45, 7) is 0. The van der Waals surface area contributed by atoms with Gasteiger partial charge in [-0.15, -0.1) is 0 Å². The number of hydrogen-bond acceptors (Lipinski definition) is 2. The van der Waals surface area contributed by atoms with E-state index in [1.807, 2.05) is 42.5 Å². The van der Waals surface area contributed by atoms with Gasteiger partial charge >= 0.3 is 0 Å². The Kier molecular flexibility index (Phi) is 3.28. The van der Waals surface area contributed by atoms with Gasteiger partial charge in [0.25, 0.3) is 0 Å². The van der Waals surface area contributed by atoms with Crippen LogP contribution in [0.3, 0.4) is 0 Å². The highest BCUT2D eigenvalue weighted by atomic mass is 16.5. The molecule has 0 aliphatic carbocycles. The lowest BCUT2D eigenvalue weighted by atomic mass is 10.0. The van der Waals surface area contributed by atoms with Crippen LogP contribution in [0.2, 0.25) is 0 Å². The summed E-state index contributed by atoms with van der Waals surface area (Å²) >= 11 is 0. The molecule has 0 radical (unpaired) electrons. The molecule has 110 valence electrons. The highest BCUT2D eigenvalue weighted by Gasteiger charge is 2.08. The van der Waals surface area contributed by atoms with Crippen molar-refractivity contribution in [2.45, 2.75) is 0 Å². The van der Waals surface area contributed by atoms with Crippen LogP contribution in [0.4, 0.5) is 0 Å². The van der Waals surface area contributed by atoms with E-state index in [2.05, 4.69) is 30.3 Å². The van der Waals surface area contributed by atoms with Crippen molar-refractivity contribution in [2.24, 2.45) is 0 Å². The van der Waals surface area contributed by atoms with E-state index in [0.717, 1.165) is 22.8 Å². The van der Waals surface area contributed by atoms with Gasteiger partial charge in [-0.3, -0.25) is 4.79 Å². The van der Waals surface area contributed by atoms with Crippen molar-refractivity contribution in [3.63, 3.8) is 0 Å². The molecule has 4 aromatic carbocycles. The molecule has 0 saturated carbocycles. The van der Waals surface area contributed by atoms with Crippen LogP contribution < -0.4 is 4.74 Å². The summed E-state index contributed by atoms with van der Waals surface area (Å²) in [5.41, 5.74) is 0.547. The van der Waals surface area contributed by atoms with E-state index in [1.165, 1.54) is 10.8 Å². The number of fused-ring (bicyclic) bond motifs is 2. The number of benzene rings is 4. The summed E-state index contributed by atoms with van der Waals surface area (Å²) in [6, 6.07) is 25.8. The molecule has 0 bridgehead atoms. The minimum atomic E-state index is 0.547. The van der Waals surface area contributed by atoms with Gasteiger partial charge in [0.1, 0.15) is 11.5 Å². The van der Waals surface area contributed by atoms with E-state index in [4.69, 9.17) is 4.74 Å². The van der Waals surface area contributed by atoms with E-state index in [0.29, 0.717) is 11.3 Å². The van der Waals surface area contributed by atoms with Crippen LogP contribution in [0.5, 0.6) is 11.5 Å². The Labute approximate surface area is 133 Å². The van der Waals surface area contributed by atoms with E-state index >= 15 is 0 Å². The minimum absolute atomic E-state index is 0.547. The monoisotopic (exact) mass is 298 g/mol. The van der Waals surface area contributed by atoms with Crippen molar-refractivity contribution >= 4 is 27.8 Å². The molecule has 23 heavy (non-hydrogen) atoms. The van der Waals surface area contributed by atoms with Gasteiger partial charge in [0, 0.05) is 5.39 Å². The highest BCUT2D eigenvalue weighted by molar-refractivity contribution is 6.01. The van der Waals surface area contributed by atoms with E-state index in [1.54, 1.807) is 6.07 Å². The van der Waals surface area contributed by atoms with Gasteiger partial charge in [-0.25, -0.2) is 0 Å². The summed E-state index contributed by atoms with van der Waals surface area (Å²) in [4.78, 5) is 11.2. The Balaban J connectivity index is 1.89. The third-order valence-corrected chi connectivity index (χ3v) is 3.97. The molecule has 0 fully saturated rings. The van der Waals surface area contributed by atoms with Crippen molar-refractivity contribution in [1.82, 2.24) is 0 Å². The largest absolute Gasteiger partial charge is 0.456 e. The number of ether oxygens (including phenoxy) is 1. The summed E-state index contributed by atoms with van der Waals surface area (Å²) in [7, 11) is 0. The molecule has 0 aromatic heterocycles. The molecule has 0 saturated heterocycles. The van der Waals surface area contributed by atoms with Crippen LogP contribution in [-0.4, -0.2) is 6.29 Å². The lowest BCUT2D eigenvalue weighted by molar-refractivity contribution is 0.112. The van der Waals surface area contributed by atoms with Crippen LogP contribution in [0.1, 0.15) is 10.4 Å². The molecular weight excluding hydrogens is 284 g/mol. The molecule has 0 aliphatic heterocycles. The molecule has 0 unspecified atom stereocenters. The normalized spacial score (nSPS) is 10.8. The number of carbonyl (C=O) groups is 1. The highest BCUT2D eigenvalue weighted by Crippen LogP contribution is 2.33. The van der Waals surface area contributed by atoms with Gasteiger partial charge in [0.15, 0.2) is 6.29 Å². The number of hydrogen-bond donors (Lipinski definition) is 0. The van der Waals surface area contributed by atoms with Crippen LogP contribution >= 0.6 is 0 Å². The minimum Gasteiger partial charge on any atom is -0.456 e. The number of carbonyl (C=O) groups excluding carboxylic acids is 1. The average Bonchev–Trinajstić information content (AvgIpc) is 2.61. The molecule has 0 amide bonds. The molecule has 0 N–H and O–H groups in total. The third-order valence-electron chi connectivity index (χ3n) is 3.97. The summed E-state index contributed by atoms with van der Waals surface area (Å²) < 4.78 is 6.03. The maximum atomic E-state index is 11.2. The number of rotatable bonds is 3. The molecule has 0 spiro atoms. The fraction of sp³-hybridized carbons (Fsp3) is 0. The summed E-state index contributed by atoms with van der Waals surface area (Å²) in [5, 5.41) is 4.52. The Morgan fingerprint density at radius 2 is 1.30 bits per heavy atom.